The summed E-state index contributed by atoms with van der Waals surface area (Å²) in [5, 5.41) is 20.4. The van der Waals surface area contributed by atoms with Crippen LogP contribution in [0.15, 0.2) is 34.6 Å². The summed E-state index contributed by atoms with van der Waals surface area (Å²) in [5.41, 5.74) is -0.589. The van der Waals surface area contributed by atoms with Crippen molar-refractivity contribution in [2.75, 3.05) is 0 Å². The lowest BCUT2D eigenvalue weighted by Crippen LogP contribution is -2.02. The summed E-state index contributed by atoms with van der Waals surface area (Å²) in [5.74, 6) is -1.28. The first-order valence-electron chi connectivity index (χ1n) is 5.26. The van der Waals surface area contributed by atoms with Crippen LogP contribution in [-0.4, -0.2) is 25.6 Å². The Morgan fingerprint density at radius 1 is 1.55 bits per heavy atom. The molecular formula is C11H8ClN3O4S. The molecule has 0 amide bonds. The zero-order chi connectivity index (χ0) is 14.9. The number of hydrogen-bond acceptors (Lipinski definition) is 5. The molecule has 1 aromatic carbocycles. The van der Waals surface area contributed by atoms with Gasteiger partial charge in [0.2, 0.25) is 0 Å². The molecule has 0 spiro atoms. The van der Waals surface area contributed by atoms with Gasteiger partial charge < -0.3 is 9.67 Å². The van der Waals surface area contributed by atoms with Crippen molar-refractivity contribution in [3.8, 4) is 0 Å². The molecule has 1 aromatic heterocycles. The minimum atomic E-state index is -1.28. The molecule has 2 rings (SSSR count). The largest absolute Gasteiger partial charge is 0.478 e. The summed E-state index contributed by atoms with van der Waals surface area (Å²) >= 11 is 7.01. The van der Waals surface area contributed by atoms with E-state index in [-0.39, 0.29) is 21.2 Å². The van der Waals surface area contributed by atoms with Gasteiger partial charge in [0.1, 0.15) is 0 Å². The monoisotopic (exact) mass is 313 g/mol. The van der Waals surface area contributed by atoms with Gasteiger partial charge in [-0.15, -0.1) is 0 Å². The molecule has 0 saturated carbocycles. The number of carboxylic acid groups (broad SMARTS) is 1. The number of nitrogens with zero attached hydrogens (tertiary/aromatic N) is 3. The van der Waals surface area contributed by atoms with Gasteiger partial charge in [-0.1, -0.05) is 11.6 Å². The first-order valence-corrected chi connectivity index (χ1v) is 6.46. The highest BCUT2D eigenvalue weighted by molar-refractivity contribution is 7.99. The first kappa shape index (κ1) is 14.4. The maximum Gasteiger partial charge on any atom is 0.337 e. The number of nitro benzene ring substituents is 1. The molecule has 1 heterocycles. The van der Waals surface area contributed by atoms with E-state index in [1.165, 1.54) is 0 Å². The van der Waals surface area contributed by atoms with Gasteiger partial charge in [-0.25, -0.2) is 9.78 Å². The van der Waals surface area contributed by atoms with Gasteiger partial charge in [-0.05, 0) is 11.8 Å². The highest BCUT2D eigenvalue weighted by Gasteiger charge is 2.21. The minimum absolute atomic E-state index is 0.00426. The molecule has 7 nitrogen and oxygen atoms in total. The fourth-order valence-corrected chi connectivity index (χ4v) is 2.73. The zero-order valence-electron chi connectivity index (χ0n) is 10.1. The van der Waals surface area contributed by atoms with Gasteiger partial charge in [-0.3, -0.25) is 10.1 Å². The molecule has 0 aliphatic carbocycles. The number of carboxylic acids is 1. The molecule has 0 bridgehead atoms. The number of imidazole rings is 1. The number of rotatable bonds is 4. The topological polar surface area (TPSA) is 98.3 Å². The normalized spacial score (nSPS) is 10.5. The number of aromatic nitrogens is 2. The van der Waals surface area contributed by atoms with Crippen molar-refractivity contribution < 1.29 is 14.8 Å². The summed E-state index contributed by atoms with van der Waals surface area (Å²) < 4.78 is 1.69. The fraction of sp³-hybridized carbons (Fsp3) is 0.0909. The Balaban J connectivity index is 2.54. The lowest BCUT2D eigenvalue weighted by Gasteiger charge is -2.08. The maximum atomic E-state index is 11.2. The average Bonchev–Trinajstić information content (AvgIpc) is 2.76. The number of carbonyl (C=O) groups is 1. The molecule has 9 heteroatoms. The van der Waals surface area contributed by atoms with Crippen LogP contribution >= 0.6 is 23.4 Å². The van der Waals surface area contributed by atoms with E-state index in [2.05, 4.69) is 4.98 Å². The van der Waals surface area contributed by atoms with Crippen molar-refractivity contribution in [3.63, 3.8) is 0 Å². The average molecular weight is 314 g/mol. The molecule has 0 radical (unpaired) electrons. The summed E-state index contributed by atoms with van der Waals surface area (Å²) in [4.78, 5) is 25.6. The molecule has 0 unspecified atom stereocenters. The van der Waals surface area contributed by atoms with Gasteiger partial charge in [-0.2, -0.15) is 0 Å². The quantitative estimate of drug-likeness (QED) is 0.688. The van der Waals surface area contributed by atoms with Crippen LogP contribution in [0.2, 0.25) is 5.02 Å². The van der Waals surface area contributed by atoms with Crippen LogP contribution in [0.3, 0.4) is 0 Å². The standard InChI is InChI=1S/C11H8ClN3O4S/c1-14-3-2-13-11(14)20-9-7(10(16)17)4-6(15(18)19)5-8(9)12/h2-5H,1H3,(H,16,17). The number of halogens is 1. The van der Waals surface area contributed by atoms with Crippen LogP contribution < -0.4 is 0 Å². The zero-order valence-corrected chi connectivity index (χ0v) is 11.7. The Hall–Kier alpha value is -2.06. The number of aromatic carboxylic acids is 1. The van der Waals surface area contributed by atoms with Crippen LogP contribution in [0, 0.1) is 10.1 Å². The lowest BCUT2D eigenvalue weighted by molar-refractivity contribution is -0.384. The van der Waals surface area contributed by atoms with Crippen LogP contribution in [-0.2, 0) is 7.05 Å². The Morgan fingerprint density at radius 3 is 2.75 bits per heavy atom. The van der Waals surface area contributed by atoms with E-state index in [1.54, 1.807) is 24.0 Å². The van der Waals surface area contributed by atoms with Crippen molar-refractivity contribution in [1.29, 1.82) is 0 Å². The van der Waals surface area contributed by atoms with Gasteiger partial charge in [0.05, 0.1) is 15.5 Å². The summed E-state index contributed by atoms with van der Waals surface area (Å²) in [6.45, 7) is 0. The van der Waals surface area contributed by atoms with E-state index in [0.29, 0.717) is 5.16 Å². The van der Waals surface area contributed by atoms with E-state index in [0.717, 1.165) is 23.9 Å². The van der Waals surface area contributed by atoms with E-state index >= 15 is 0 Å². The van der Waals surface area contributed by atoms with Crippen LogP contribution in [0.25, 0.3) is 0 Å². The molecule has 0 aliphatic heterocycles. The Kier molecular flexibility index (Phi) is 3.96. The highest BCUT2D eigenvalue weighted by atomic mass is 35.5. The molecule has 0 aliphatic rings. The van der Waals surface area contributed by atoms with E-state index in [4.69, 9.17) is 11.6 Å². The highest BCUT2D eigenvalue weighted by Crippen LogP contribution is 2.37. The molecule has 104 valence electrons. The number of aryl methyl sites for hydroxylation is 1. The first-order chi connectivity index (χ1) is 9.40. The van der Waals surface area contributed by atoms with Crippen molar-refractivity contribution in [2.45, 2.75) is 10.1 Å². The number of non-ortho nitro benzene ring substituents is 1. The SMILES string of the molecule is Cn1ccnc1Sc1c(Cl)cc([N+](=O)[O-])cc1C(=O)O. The van der Waals surface area contributed by atoms with Gasteiger partial charge in [0, 0.05) is 36.5 Å². The van der Waals surface area contributed by atoms with E-state index < -0.39 is 10.9 Å². The van der Waals surface area contributed by atoms with Crippen LogP contribution in [0.5, 0.6) is 0 Å². The Labute approximate surface area is 122 Å². The van der Waals surface area contributed by atoms with E-state index in [1.807, 2.05) is 0 Å². The van der Waals surface area contributed by atoms with Crippen molar-refractivity contribution in [3.05, 3.63) is 45.2 Å². The third kappa shape index (κ3) is 2.75. The fourth-order valence-electron chi connectivity index (χ4n) is 1.49. The molecule has 0 fully saturated rings. The predicted molar refractivity (Wildman–Crippen MR) is 72.4 cm³/mol. The van der Waals surface area contributed by atoms with Crippen molar-refractivity contribution in [1.82, 2.24) is 9.55 Å². The summed E-state index contributed by atoms with van der Waals surface area (Å²) in [6.07, 6.45) is 3.25. The predicted octanol–water partition coefficient (Wildman–Crippen LogP) is 2.83. The molecule has 2 aromatic rings. The van der Waals surface area contributed by atoms with E-state index in [9.17, 15) is 20.0 Å². The van der Waals surface area contributed by atoms with Gasteiger partial charge in [0.15, 0.2) is 5.16 Å². The third-order valence-electron chi connectivity index (χ3n) is 2.44. The lowest BCUT2D eigenvalue weighted by atomic mass is 10.2. The summed E-state index contributed by atoms with van der Waals surface area (Å²) in [6, 6.07) is 2.11. The van der Waals surface area contributed by atoms with Crippen LogP contribution in [0.1, 0.15) is 10.4 Å². The number of hydrogen-bond donors (Lipinski definition) is 1. The van der Waals surface area contributed by atoms with Gasteiger partial charge >= 0.3 is 5.97 Å². The van der Waals surface area contributed by atoms with Crippen LogP contribution in [0.4, 0.5) is 5.69 Å². The Bertz CT molecular complexity index is 701. The molecule has 1 N–H and O–H groups in total. The second-order valence-electron chi connectivity index (χ2n) is 3.79. The minimum Gasteiger partial charge on any atom is -0.478 e. The Morgan fingerprint density at radius 2 is 2.25 bits per heavy atom. The second-order valence-corrected chi connectivity index (χ2v) is 5.17. The number of benzene rings is 1. The van der Waals surface area contributed by atoms with Gasteiger partial charge in [0.25, 0.3) is 5.69 Å². The maximum absolute atomic E-state index is 11.2. The summed E-state index contributed by atoms with van der Waals surface area (Å²) in [7, 11) is 1.75. The van der Waals surface area contributed by atoms with Crippen molar-refractivity contribution in [2.24, 2.45) is 7.05 Å². The number of nitro groups is 1. The smallest absolute Gasteiger partial charge is 0.337 e. The molecular weight excluding hydrogens is 306 g/mol. The molecule has 0 atom stereocenters. The molecule has 0 saturated heterocycles. The second kappa shape index (κ2) is 5.51. The van der Waals surface area contributed by atoms with Crippen molar-refractivity contribution >= 4 is 35.0 Å². The molecule has 20 heavy (non-hydrogen) atoms. The third-order valence-corrected chi connectivity index (χ3v) is 4.07.